The van der Waals surface area contributed by atoms with Crippen LogP contribution in [-0.2, 0) is 11.0 Å². The Morgan fingerprint density at radius 1 is 1.24 bits per heavy atom. The zero-order valence-corrected chi connectivity index (χ0v) is 12.7. The highest BCUT2D eigenvalue weighted by atomic mass is 19.4. The van der Waals surface area contributed by atoms with Gasteiger partial charge in [0.2, 0.25) is 5.91 Å². The van der Waals surface area contributed by atoms with Gasteiger partial charge in [-0.15, -0.1) is 0 Å². The molecule has 0 fully saturated rings. The first kappa shape index (κ1) is 16.9. The highest BCUT2D eigenvalue weighted by Crippen LogP contribution is 2.39. The van der Waals surface area contributed by atoms with E-state index in [-0.39, 0.29) is 11.3 Å². The van der Waals surface area contributed by atoms with Crippen LogP contribution in [0.1, 0.15) is 24.1 Å². The summed E-state index contributed by atoms with van der Waals surface area (Å²) in [5, 5.41) is 6.75. The molecule has 25 heavy (non-hydrogen) atoms. The van der Waals surface area contributed by atoms with Gasteiger partial charge in [-0.3, -0.25) is 4.79 Å². The number of hydrogen-bond acceptors (Lipinski definition) is 3. The van der Waals surface area contributed by atoms with Crippen LogP contribution in [0.3, 0.4) is 0 Å². The Bertz CT molecular complexity index is 900. The molecule has 0 bridgehead atoms. The maximum atomic E-state index is 14.4. The van der Waals surface area contributed by atoms with Gasteiger partial charge in [0.25, 0.3) is 0 Å². The van der Waals surface area contributed by atoms with Gasteiger partial charge in [-0.1, -0.05) is 6.07 Å². The lowest BCUT2D eigenvalue weighted by Gasteiger charge is -2.29. The standard InChI is InChI=1S/C15H11F5N4O/c1-6-10(14(21)25)13(24-9(23-6)4-5-22-24)7-2-3-8(15(18,19)20)12(17)11(7)16/h2-5,13,23H,1H3,(H2,21,25). The Morgan fingerprint density at radius 3 is 2.52 bits per heavy atom. The lowest BCUT2D eigenvalue weighted by molar-refractivity contribution is -0.140. The third kappa shape index (κ3) is 2.63. The van der Waals surface area contributed by atoms with Crippen molar-refractivity contribution in [2.75, 3.05) is 5.32 Å². The van der Waals surface area contributed by atoms with Gasteiger partial charge < -0.3 is 11.1 Å². The monoisotopic (exact) mass is 358 g/mol. The Balaban J connectivity index is 2.25. The largest absolute Gasteiger partial charge is 0.419 e. The lowest BCUT2D eigenvalue weighted by atomic mass is 9.93. The number of nitrogens with one attached hydrogen (secondary N) is 1. The summed E-state index contributed by atoms with van der Waals surface area (Å²) in [6.45, 7) is 1.49. The molecule has 1 atom stereocenters. The van der Waals surface area contributed by atoms with Gasteiger partial charge in [-0.2, -0.15) is 18.3 Å². The molecule has 1 aromatic carbocycles. The van der Waals surface area contributed by atoms with Crippen molar-refractivity contribution in [3.8, 4) is 0 Å². The molecule has 2 heterocycles. The second kappa shape index (κ2) is 5.57. The van der Waals surface area contributed by atoms with Crippen molar-refractivity contribution in [3.05, 3.63) is 58.4 Å². The quantitative estimate of drug-likeness (QED) is 0.811. The smallest absolute Gasteiger partial charge is 0.366 e. The second-order valence-corrected chi connectivity index (χ2v) is 5.42. The van der Waals surface area contributed by atoms with E-state index in [2.05, 4.69) is 10.4 Å². The first-order chi connectivity index (χ1) is 11.6. The topological polar surface area (TPSA) is 72.9 Å². The van der Waals surface area contributed by atoms with Crippen LogP contribution < -0.4 is 11.1 Å². The number of rotatable bonds is 2. The summed E-state index contributed by atoms with van der Waals surface area (Å²) >= 11 is 0. The minimum Gasteiger partial charge on any atom is -0.366 e. The van der Waals surface area contributed by atoms with E-state index in [9.17, 15) is 26.7 Å². The first-order valence-electron chi connectivity index (χ1n) is 6.99. The van der Waals surface area contributed by atoms with E-state index in [4.69, 9.17) is 5.73 Å². The maximum absolute atomic E-state index is 14.4. The fraction of sp³-hybridized carbons (Fsp3) is 0.200. The van der Waals surface area contributed by atoms with Gasteiger partial charge in [0.05, 0.1) is 17.3 Å². The molecular weight excluding hydrogens is 347 g/mol. The third-order valence-electron chi connectivity index (χ3n) is 3.89. The number of carbonyl (C=O) groups is 1. The number of benzene rings is 1. The van der Waals surface area contributed by atoms with Crippen LogP contribution in [0, 0.1) is 11.6 Å². The molecule has 3 rings (SSSR count). The number of primary amides is 1. The molecule has 2 aromatic rings. The molecule has 5 nitrogen and oxygen atoms in total. The fourth-order valence-corrected chi connectivity index (χ4v) is 2.81. The number of aromatic nitrogens is 2. The van der Waals surface area contributed by atoms with Crippen molar-refractivity contribution in [3.63, 3.8) is 0 Å². The van der Waals surface area contributed by atoms with Gasteiger partial charge in [0.1, 0.15) is 11.9 Å². The van der Waals surface area contributed by atoms with Crippen LogP contribution >= 0.6 is 0 Å². The van der Waals surface area contributed by atoms with E-state index in [0.29, 0.717) is 11.9 Å². The minimum atomic E-state index is -5.05. The van der Waals surface area contributed by atoms with E-state index < -0.39 is 40.9 Å². The van der Waals surface area contributed by atoms with E-state index >= 15 is 0 Å². The number of nitrogens with zero attached hydrogens (tertiary/aromatic N) is 2. The van der Waals surface area contributed by atoms with Crippen molar-refractivity contribution in [1.82, 2.24) is 9.78 Å². The van der Waals surface area contributed by atoms with Gasteiger partial charge in [-0.05, 0) is 13.0 Å². The maximum Gasteiger partial charge on any atom is 0.419 e. The third-order valence-corrected chi connectivity index (χ3v) is 3.89. The zero-order valence-electron chi connectivity index (χ0n) is 12.7. The van der Waals surface area contributed by atoms with E-state index in [1.807, 2.05) is 0 Å². The summed E-state index contributed by atoms with van der Waals surface area (Å²) in [7, 11) is 0. The molecule has 0 saturated carbocycles. The Labute approximate surface area is 137 Å². The van der Waals surface area contributed by atoms with Crippen LogP contribution in [0.5, 0.6) is 0 Å². The SMILES string of the molecule is CC1=C(C(N)=O)C(c2ccc(C(F)(F)F)c(F)c2F)n2nccc2N1. The highest BCUT2D eigenvalue weighted by molar-refractivity contribution is 5.95. The number of hydrogen-bond donors (Lipinski definition) is 2. The summed E-state index contributed by atoms with van der Waals surface area (Å²) in [5.41, 5.74) is 3.25. The first-order valence-corrected chi connectivity index (χ1v) is 6.99. The van der Waals surface area contributed by atoms with Gasteiger partial charge >= 0.3 is 6.18 Å². The molecule has 1 unspecified atom stereocenters. The number of carbonyl (C=O) groups excluding carboxylic acids is 1. The normalized spacial score (nSPS) is 17.3. The lowest BCUT2D eigenvalue weighted by Crippen LogP contribution is -2.32. The molecule has 0 radical (unpaired) electrons. The predicted octanol–water partition coefficient (Wildman–Crippen LogP) is 2.95. The number of fused-ring (bicyclic) bond motifs is 1. The van der Waals surface area contributed by atoms with Crippen LogP contribution in [0.4, 0.5) is 27.8 Å². The van der Waals surface area contributed by atoms with Crippen LogP contribution in [0.15, 0.2) is 35.7 Å². The number of alkyl halides is 3. The number of anilines is 1. The summed E-state index contributed by atoms with van der Waals surface area (Å²) in [5.74, 6) is -4.34. The molecule has 0 aliphatic carbocycles. The average Bonchev–Trinajstić information content (AvgIpc) is 2.95. The highest BCUT2D eigenvalue weighted by Gasteiger charge is 2.39. The van der Waals surface area contributed by atoms with E-state index in [0.717, 1.165) is 10.7 Å². The molecule has 3 N–H and O–H groups in total. The average molecular weight is 358 g/mol. The molecule has 10 heteroatoms. The summed E-state index contributed by atoms with van der Waals surface area (Å²) in [6.07, 6.45) is -3.71. The van der Waals surface area contributed by atoms with Crippen LogP contribution in [0.2, 0.25) is 0 Å². The molecule has 1 aromatic heterocycles. The zero-order chi connectivity index (χ0) is 18.5. The summed E-state index contributed by atoms with van der Waals surface area (Å²) in [6, 6.07) is 1.42. The van der Waals surface area contributed by atoms with Crippen molar-refractivity contribution in [2.24, 2.45) is 5.73 Å². The van der Waals surface area contributed by atoms with E-state index in [1.165, 1.54) is 19.2 Å². The van der Waals surface area contributed by atoms with E-state index in [1.54, 1.807) is 0 Å². The van der Waals surface area contributed by atoms with Crippen molar-refractivity contribution >= 4 is 11.7 Å². The molecule has 1 aliphatic rings. The minimum absolute atomic E-state index is 0.130. The van der Waals surface area contributed by atoms with Crippen molar-refractivity contribution < 1.29 is 26.7 Å². The summed E-state index contributed by atoms with van der Waals surface area (Å²) in [4.78, 5) is 11.8. The molecule has 1 aliphatic heterocycles. The van der Waals surface area contributed by atoms with Crippen LogP contribution in [0.25, 0.3) is 0 Å². The Hall–Kier alpha value is -2.91. The van der Waals surface area contributed by atoms with Crippen molar-refractivity contribution in [2.45, 2.75) is 19.1 Å². The Morgan fingerprint density at radius 2 is 1.92 bits per heavy atom. The summed E-state index contributed by atoms with van der Waals surface area (Å²) < 4.78 is 67.8. The molecule has 132 valence electrons. The molecule has 0 saturated heterocycles. The number of allylic oxidation sites excluding steroid dienone is 1. The second-order valence-electron chi connectivity index (χ2n) is 5.42. The fourth-order valence-electron chi connectivity index (χ4n) is 2.81. The van der Waals surface area contributed by atoms with Gasteiger partial charge in [-0.25, -0.2) is 13.5 Å². The Kier molecular flexibility index (Phi) is 3.77. The molecular formula is C15H11F5N4O. The van der Waals surface area contributed by atoms with Gasteiger partial charge in [0, 0.05) is 17.3 Å². The molecule has 1 amide bonds. The molecule has 0 spiro atoms. The van der Waals surface area contributed by atoms with Crippen molar-refractivity contribution in [1.29, 1.82) is 0 Å². The number of amides is 1. The predicted molar refractivity (Wildman–Crippen MR) is 77.2 cm³/mol. The number of halogens is 5. The van der Waals surface area contributed by atoms with Gasteiger partial charge in [0.15, 0.2) is 11.6 Å². The van der Waals surface area contributed by atoms with Crippen LogP contribution in [-0.4, -0.2) is 15.7 Å². The number of nitrogens with two attached hydrogens (primary N) is 1.